The van der Waals surface area contributed by atoms with Crippen molar-refractivity contribution in [2.24, 2.45) is 0 Å². The number of aryl methyl sites for hydroxylation is 1. The summed E-state index contributed by atoms with van der Waals surface area (Å²) in [6.07, 6.45) is 0. The molecule has 0 N–H and O–H groups in total. The smallest absolute Gasteiger partial charge is 0.337 e. The van der Waals surface area contributed by atoms with E-state index in [0.29, 0.717) is 29.2 Å². The third kappa shape index (κ3) is 4.74. The Morgan fingerprint density at radius 1 is 0.944 bits per heavy atom. The summed E-state index contributed by atoms with van der Waals surface area (Å²) in [6.45, 7) is 6.15. The number of benzene rings is 2. The number of nitrogens with zero attached hydrogens (tertiary/aromatic N) is 3. The van der Waals surface area contributed by atoms with Gasteiger partial charge in [0, 0.05) is 13.1 Å². The van der Waals surface area contributed by atoms with Crippen LogP contribution in [-0.4, -0.2) is 39.0 Å². The summed E-state index contributed by atoms with van der Waals surface area (Å²) in [5, 5.41) is 0.245. The van der Waals surface area contributed by atoms with Crippen molar-refractivity contribution in [3.63, 3.8) is 0 Å². The van der Waals surface area contributed by atoms with Crippen LogP contribution in [0.25, 0.3) is 15.9 Å². The summed E-state index contributed by atoms with van der Waals surface area (Å²) >= 11 is 1.06. The van der Waals surface area contributed by atoms with E-state index in [1.165, 1.54) is 4.57 Å². The lowest BCUT2D eigenvalue weighted by Crippen LogP contribution is -2.40. The minimum Gasteiger partial charge on any atom is -0.459 e. The number of para-hydroxylation sites is 1. The van der Waals surface area contributed by atoms with Gasteiger partial charge in [-0.15, -0.1) is 11.3 Å². The van der Waals surface area contributed by atoms with E-state index in [4.69, 9.17) is 4.74 Å². The van der Waals surface area contributed by atoms with Crippen LogP contribution in [0.2, 0.25) is 0 Å². The average Bonchev–Trinajstić information content (AvgIpc) is 3.24. The molecule has 0 aliphatic carbocycles. The Kier molecular flexibility index (Phi) is 7.49. The van der Waals surface area contributed by atoms with Crippen molar-refractivity contribution in [3.05, 3.63) is 97.5 Å². The maximum Gasteiger partial charge on any atom is 0.337 e. The average molecular weight is 506 g/mol. The van der Waals surface area contributed by atoms with Gasteiger partial charge in [0.05, 0.1) is 16.0 Å². The number of thiophene rings is 1. The lowest BCUT2D eigenvalue weighted by molar-refractivity contribution is -0.145. The second kappa shape index (κ2) is 10.7. The zero-order chi connectivity index (χ0) is 25.8. The van der Waals surface area contributed by atoms with Gasteiger partial charge in [0.25, 0.3) is 11.5 Å². The van der Waals surface area contributed by atoms with Crippen molar-refractivity contribution in [1.29, 1.82) is 0 Å². The molecule has 36 heavy (non-hydrogen) atoms. The second-order valence-corrected chi connectivity index (χ2v) is 9.20. The molecule has 186 valence electrons. The number of carbonyl (C=O) groups excluding carboxylic acids is 2. The molecule has 4 aromatic rings. The van der Waals surface area contributed by atoms with Gasteiger partial charge in [-0.25, -0.2) is 9.36 Å². The molecular formula is C27H27N3O5S. The number of hydrogen-bond donors (Lipinski definition) is 0. The van der Waals surface area contributed by atoms with E-state index >= 15 is 0 Å². The highest BCUT2D eigenvalue weighted by Gasteiger charge is 2.26. The maximum absolute atomic E-state index is 13.6. The normalized spacial score (nSPS) is 11.0. The zero-order valence-electron chi connectivity index (χ0n) is 20.4. The van der Waals surface area contributed by atoms with Crippen LogP contribution in [0.4, 0.5) is 0 Å². The summed E-state index contributed by atoms with van der Waals surface area (Å²) in [7, 11) is 0. The minimum absolute atomic E-state index is 0.0606. The second-order valence-electron chi connectivity index (χ2n) is 8.20. The van der Waals surface area contributed by atoms with Gasteiger partial charge in [-0.05, 0) is 44.0 Å². The fourth-order valence-corrected chi connectivity index (χ4v) is 5.32. The van der Waals surface area contributed by atoms with E-state index in [9.17, 15) is 19.2 Å². The third-order valence-electron chi connectivity index (χ3n) is 6.00. The fraction of sp³-hybridized carbons (Fsp3) is 0.259. The topological polar surface area (TPSA) is 90.6 Å². The Balaban J connectivity index is 1.86. The molecule has 0 spiro atoms. The molecule has 8 nitrogen and oxygen atoms in total. The van der Waals surface area contributed by atoms with Crippen molar-refractivity contribution < 1.29 is 14.3 Å². The van der Waals surface area contributed by atoms with Crippen molar-refractivity contribution in [2.75, 3.05) is 13.1 Å². The Bertz CT molecular complexity index is 1520. The van der Waals surface area contributed by atoms with E-state index < -0.39 is 23.8 Å². The van der Waals surface area contributed by atoms with Crippen LogP contribution in [0.3, 0.4) is 0 Å². The molecule has 0 atom stereocenters. The Morgan fingerprint density at radius 3 is 2.17 bits per heavy atom. The molecule has 4 rings (SSSR count). The zero-order valence-corrected chi connectivity index (χ0v) is 21.2. The van der Waals surface area contributed by atoms with Crippen LogP contribution < -0.4 is 11.2 Å². The molecule has 2 aromatic carbocycles. The molecule has 0 unspecified atom stereocenters. The first-order chi connectivity index (χ1) is 17.4. The van der Waals surface area contributed by atoms with Crippen molar-refractivity contribution in [3.8, 4) is 5.69 Å². The summed E-state index contributed by atoms with van der Waals surface area (Å²) < 4.78 is 7.68. The van der Waals surface area contributed by atoms with Crippen LogP contribution in [-0.2, 0) is 22.7 Å². The largest absolute Gasteiger partial charge is 0.459 e. The number of esters is 1. The molecule has 0 bridgehead atoms. The molecule has 2 aromatic heterocycles. The monoisotopic (exact) mass is 505 g/mol. The van der Waals surface area contributed by atoms with Crippen molar-refractivity contribution in [2.45, 2.75) is 33.9 Å². The Hall–Kier alpha value is -3.98. The van der Waals surface area contributed by atoms with Gasteiger partial charge in [0.1, 0.15) is 18.0 Å². The van der Waals surface area contributed by atoms with Gasteiger partial charge < -0.3 is 9.64 Å². The predicted octanol–water partition coefficient (Wildman–Crippen LogP) is 3.75. The van der Waals surface area contributed by atoms with Crippen LogP contribution in [0.15, 0.2) is 70.3 Å². The molecule has 0 aliphatic rings. The van der Waals surface area contributed by atoms with Crippen LogP contribution in [0, 0.1) is 6.92 Å². The molecule has 0 radical (unpaired) electrons. The first-order valence-corrected chi connectivity index (χ1v) is 12.5. The molecular weight excluding hydrogens is 478 g/mol. The van der Waals surface area contributed by atoms with Gasteiger partial charge in [-0.1, -0.05) is 48.5 Å². The Morgan fingerprint density at radius 2 is 1.56 bits per heavy atom. The lowest BCUT2D eigenvalue weighted by atomic mass is 10.2. The van der Waals surface area contributed by atoms with Crippen LogP contribution in [0.5, 0.6) is 0 Å². The quantitative estimate of drug-likeness (QED) is 0.340. The summed E-state index contributed by atoms with van der Waals surface area (Å²) in [5.74, 6) is -0.835. The standard InChI is InChI=1S/C27H27N3O5S/c1-4-28(5-2)25(33)23-18(3)22-24(32)30(20-14-10-7-11-15-20)27(34)29(26(22)36-23)16-21(31)35-17-19-12-8-6-9-13-19/h6-15H,4-5,16-17H2,1-3H3. The number of fused-ring (bicyclic) bond motifs is 1. The highest BCUT2D eigenvalue weighted by Crippen LogP contribution is 2.29. The molecule has 0 saturated heterocycles. The SMILES string of the molecule is CCN(CC)C(=O)c1sc2c(c1C)c(=O)n(-c1ccccc1)c(=O)n2CC(=O)OCc1ccccc1. The number of rotatable bonds is 8. The third-order valence-corrected chi connectivity index (χ3v) is 7.30. The number of ether oxygens (including phenoxy) is 1. The van der Waals surface area contributed by atoms with E-state index in [1.54, 1.807) is 42.2 Å². The van der Waals surface area contributed by atoms with Crippen molar-refractivity contribution in [1.82, 2.24) is 14.0 Å². The molecule has 1 amide bonds. The summed E-state index contributed by atoms with van der Waals surface area (Å²) in [4.78, 5) is 55.5. The number of aromatic nitrogens is 2. The summed E-state index contributed by atoms with van der Waals surface area (Å²) in [5.41, 5.74) is 0.494. The van der Waals surface area contributed by atoms with Gasteiger partial charge >= 0.3 is 11.7 Å². The van der Waals surface area contributed by atoms with Crippen LogP contribution in [0.1, 0.15) is 34.6 Å². The first kappa shape index (κ1) is 25.1. The molecule has 0 aliphatic heterocycles. The van der Waals surface area contributed by atoms with Gasteiger partial charge in [-0.2, -0.15) is 0 Å². The Labute approximate surface area is 212 Å². The van der Waals surface area contributed by atoms with Gasteiger partial charge in [0.2, 0.25) is 0 Å². The van der Waals surface area contributed by atoms with Gasteiger partial charge in [-0.3, -0.25) is 19.0 Å². The van der Waals surface area contributed by atoms with E-state index in [0.717, 1.165) is 21.5 Å². The molecule has 2 heterocycles. The van der Waals surface area contributed by atoms with Crippen LogP contribution >= 0.6 is 11.3 Å². The van der Waals surface area contributed by atoms with E-state index in [1.807, 2.05) is 44.2 Å². The first-order valence-electron chi connectivity index (χ1n) is 11.7. The minimum atomic E-state index is -0.668. The lowest BCUT2D eigenvalue weighted by Gasteiger charge is -2.17. The fourth-order valence-electron chi connectivity index (χ4n) is 4.06. The summed E-state index contributed by atoms with van der Waals surface area (Å²) in [6, 6.07) is 17.7. The van der Waals surface area contributed by atoms with E-state index in [2.05, 4.69) is 0 Å². The molecule has 0 fully saturated rings. The number of amides is 1. The molecule has 0 saturated carbocycles. The molecule has 9 heteroatoms. The van der Waals surface area contributed by atoms with Crippen molar-refractivity contribution >= 4 is 33.4 Å². The predicted molar refractivity (Wildman–Crippen MR) is 140 cm³/mol. The van der Waals surface area contributed by atoms with E-state index in [-0.39, 0.29) is 22.7 Å². The number of carbonyl (C=O) groups is 2. The highest BCUT2D eigenvalue weighted by atomic mass is 32.1. The highest BCUT2D eigenvalue weighted by molar-refractivity contribution is 7.20. The maximum atomic E-state index is 13.6. The van der Waals surface area contributed by atoms with Gasteiger partial charge in [0.15, 0.2) is 0 Å². The number of hydrogen-bond acceptors (Lipinski definition) is 6.